The molecule has 1 aromatic carbocycles. The minimum atomic E-state index is 0.0636. The van der Waals surface area contributed by atoms with Crippen molar-refractivity contribution in [2.75, 3.05) is 20.1 Å². The SMILES string of the molecule is CCNC(=O)CC(CN)N(C)Cc1ccc(C)cc1. The Labute approximate surface area is 116 Å². The van der Waals surface area contributed by atoms with Gasteiger partial charge in [-0.3, -0.25) is 9.69 Å². The lowest BCUT2D eigenvalue weighted by Crippen LogP contribution is -2.41. The summed E-state index contributed by atoms with van der Waals surface area (Å²) in [4.78, 5) is 13.8. The Balaban J connectivity index is 2.55. The molecule has 0 heterocycles. The third-order valence-corrected chi connectivity index (χ3v) is 3.24. The van der Waals surface area contributed by atoms with Crippen LogP contribution in [0.25, 0.3) is 0 Å². The Bertz CT molecular complexity index is 389. The predicted octanol–water partition coefficient (Wildman–Crippen LogP) is 1.28. The zero-order chi connectivity index (χ0) is 14.3. The molecule has 1 unspecified atom stereocenters. The normalized spacial score (nSPS) is 12.5. The summed E-state index contributed by atoms with van der Waals surface area (Å²) in [5.41, 5.74) is 8.27. The Morgan fingerprint density at radius 1 is 1.37 bits per heavy atom. The summed E-state index contributed by atoms with van der Waals surface area (Å²) in [5.74, 6) is 0.0636. The van der Waals surface area contributed by atoms with Gasteiger partial charge in [-0.25, -0.2) is 0 Å². The number of likely N-dealkylation sites (N-methyl/N-ethyl adjacent to an activating group) is 1. The van der Waals surface area contributed by atoms with E-state index in [1.165, 1.54) is 11.1 Å². The van der Waals surface area contributed by atoms with Gasteiger partial charge in [0.25, 0.3) is 0 Å². The van der Waals surface area contributed by atoms with Crippen molar-refractivity contribution in [3.63, 3.8) is 0 Å². The first-order valence-corrected chi connectivity index (χ1v) is 6.79. The van der Waals surface area contributed by atoms with E-state index < -0.39 is 0 Å². The van der Waals surface area contributed by atoms with Crippen LogP contribution in [0.1, 0.15) is 24.5 Å². The molecular formula is C15H25N3O. The molecule has 0 aliphatic rings. The van der Waals surface area contributed by atoms with Gasteiger partial charge in [0.1, 0.15) is 0 Å². The zero-order valence-electron chi connectivity index (χ0n) is 12.1. The first-order chi connectivity index (χ1) is 9.06. The molecule has 0 radical (unpaired) electrons. The summed E-state index contributed by atoms with van der Waals surface area (Å²) >= 11 is 0. The van der Waals surface area contributed by atoms with Gasteiger partial charge in [0.15, 0.2) is 0 Å². The van der Waals surface area contributed by atoms with Gasteiger partial charge in [-0.05, 0) is 26.5 Å². The molecular weight excluding hydrogens is 238 g/mol. The van der Waals surface area contributed by atoms with Gasteiger partial charge in [0, 0.05) is 32.1 Å². The van der Waals surface area contributed by atoms with Crippen LogP contribution in [0.15, 0.2) is 24.3 Å². The summed E-state index contributed by atoms with van der Waals surface area (Å²) in [6.07, 6.45) is 0.451. The first-order valence-electron chi connectivity index (χ1n) is 6.79. The molecule has 0 saturated heterocycles. The second kappa shape index (κ2) is 7.92. The van der Waals surface area contributed by atoms with Gasteiger partial charge in [-0.2, -0.15) is 0 Å². The smallest absolute Gasteiger partial charge is 0.221 e. The Hall–Kier alpha value is -1.39. The van der Waals surface area contributed by atoms with E-state index in [-0.39, 0.29) is 11.9 Å². The standard InChI is InChI=1S/C15H25N3O/c1-4-17-15(19)9-14(10-16)18(3)11-13-7-5-12(2)6-8-13/h5-8,14H,4,9-11,16H2,1-3H3,(H,17,19). The Morgan fingerprint density at radius 2 is 2.00 bits per heavy atom. The highest BCUT2D eigenvalue weighted by atomic mass is 16.1. The number of aryl methyl sites for hydroxylation is 1. The van der Waals surface area contributed by atoms with E-state index in [9.17, 15) is 4.79 Å². The lowest BCUT2D eigenvalue weighted by molar-refractivity contribution is -0.122. The second-order valence-electron chi connectivity index (χ2n) is 4.95. The number of carbonyl (C=O) groups is 1. The molecule has 19 heavy (non-hydrogen) atoms. The number of nitrogens with zero attached hydrogens (tertiary/aromatic N) is 1. The molecule has 0 bridgehead atoms. The summed E-state index contributed by atoms with van der Waals surface area (Å²) in [6.45, 7) is 5.95. The largest absolute Gasteiger partial charge is 0.356 e. The minimum absolute atomic E-state index is 0.0636. The number of rotatable bonds is 7. The molecule has 106 valence electrons. The van der Waals surface area contributed by atoms with Crippen LogP contribution in [0, 0.1) is 6.92 Å². The highest BCUT2D eigenvalue weighted by molar-refractivity contribution is 5.76. The summed E-state index contributed by atoms with van der Waals surface area (Å²) in [6, 6.07) is 8.51. The van der Waals surface area contributed by atoms with Crippen LogP contribution in [0.2, 0.25) is 0 Å². The monoisotopic (exact) mass is 263 g/mol. The highest BCUT2D eigenvalue weighted by Crippen LogP contribution is 2.09. The zero-order valence-corrected chi connectivity index (χ0v) is 12.1. The average molecular weight is 263 g/mol. The molecule has 0 saturated carbocycles. The molecule has 0 fully saturated rings. The summed E-state index contributed by atoms with van der Waals surface area (Å²) in [7, 11) is 2.01. The minimum Gasteiger partial charge on any atom is -0.356 e. The van der Waals surface area contributed by atoms with E-state index in [0.29, 0.717) is 19.5 Å². The Morgan fingerprint density at radius 3 is 2.53 bits per heavy atom. The third kappa shape index (κ3) is 5.41. The van der Waals surface area contributed by atoms with Crippen molar-refractivity contribution in [3.05, 3.63) is 35.4 Å². The van der Waals surface area contributed by atoms with Gasteiger partial charge in [0.05, 0.1) is 0 Å². The molecule has 1 aromatic rings. The van der Waals surface area contributed by atoms with Gasteiger partial charge in [-0.15, -0.1) is 0 Å². The van der Waals surface area contributed by atoms with Gasteiger partial charge in [0.2, 0.25) is 5.91 Å². The number of nitrogens with one attached hydrogen (secondary N) is 1. The van der Waals surface area contributed by atoms with Crippen LogP contribution >= 0.6 is 0 Å². The van der Waals surface area contributed by atoms with E-state index in [2.05, 4.69) is 41.4 Å². The first kappa shape index (κ1) is 15.7. The number of hydrogen-bond acceptors (Lipinski definition) is 3. The van der Waals surface area contributed by atoms with E-state index in [4.69, 9.17) is 5.73 Å². The molecule has 0 aromatic heterocycles. The van der Waals surface area contributed by atoms with Crippen LogP contribution in [-0.2, 0) is 11.3 Å². The number of carbonyl (C=O) groups excluding carboxylic acids is 1. The fraction of sp³-hybridized carbons (Fsp3) is 0.533. The maximum atomic E-state index is 11.6. The Kier molecular flexibility index (Phi) is 6.53. The number of hydrogen-bond donors (Lipinski definition) is 2. The van der Waals surface area contributed by atoms with Crippen molar-refractivity contribution in [1.29, 1.82) is 0 Å². The number of benzene rings is 1. The molecule has 1 atom stereocenters. The predicted molar refractivity (Wildman–Crippen MR) is 78.8 cm³/mol. The van der Waals surface area contributed by atoms with E-state index in [1.54, 1.807) is 0 Å². The van der Waals surface area contributed by atoms with Crippen LogP contribution in [0.4, 0.5) is 0 Å². The topological polar surface area (TPSA) is 58.4 Å². The quantitative estimate of drug-likeness (QED) is 0.779. The lowest BCUT2D eigenvalue weighted by Gasteiger charge is -2.26. The molecule has 0 aliphatic carbocycles. The van der Waals surface area contributed by atoms with Crippen molar-refractivity contribution >= 4 is 5.91 Å². The van der Waals surface area contributed by atoms with E-state index in [1.807, 2.05) is 14.0 Å². The van der Waals surface area contributed by atoms with Crippen molar-refractivity contribution < 1.29 is 4.79 Å². The molecule has 4 heteroatoms. The lowest BCUT2D eigenvalue weighted by atomic mass is 10.1. The van der Waals surface area contributed by atoms with Crippen LogP contribution < -0.4 is 11.1 Å². The fourth-order valence-corrected chi connectivity index (χ4v) is 2.01. The molecule has 1 rings (SSSR count). The summed E-state index contributed by atoms with van der Waals surface area (Å²) < 4.78 is 0. The summed E-state index contributed by atoms with van der Waals surface area (Å²) in [5, 5.41) is 2.82. The van der Waals surface area contributed by atoms with Crippen LogP contribution in [0.3, 0.4) is 0 Å². The molecule has 0 aliphatic heterocycles. The molecule has 3 N–H and O–H groups in total. The third-order valence-electron chi connectivity index (χ3n) is 3.24. The average Bonchev–Trinajstić information content (AvgIpc) is 2.39. The molecule has 4 nitrogen and oxygen atoms in total. The van der Waals surface area contributed by atoms with Crippen LogP contribution in [0.5, 0.6) is 0 Å². The second-order valence-corrected chi connectivity index (χ2v) is 4.95. The van der Waals surface area contributed by atoms with E-state index in [0.717, 1.165) is 6.54 Å². The number of nitrogens with two attached hydrogens (primary N) is 1. The van der Waals surface area contributed by atoms with Crippen molar-refractivity contribution in [2.45, 2.75) is 32.9 Å². The van der Waals surface area contributed by atoms with Crippen molar-refractivity contribution in [2.24, 2.45) is 5.73 Å². The van der Waals surface area contributed by atoms with E-state index >= 15 is 0 Å². The van der Waals surface area contributed by atoms with Gasteiger partial charge >= 0.3 is 0 Å². The van der Waals surface area contributed by atoms with Gasteiger partial charge < -0.3 is 11.1 Å². The molecule has 1 amide bonds. The molecule has 0 spiro atoms. The van der Waals surface area contributed by atoms with Crippen LogP contribution in [-0.4, -0.2) is 37.0 Å². The fourth-order valence-electron chi connectivity index (χ4n) is 2.01. The van der Waals surface area contributed by atoms with Crippen molar-refractivity contribution in [3.8, 4) is 0 Å². The maximum Gasteiger partial charge on any atom is 0.221 e. The number of amides is 1. The van der Waals surface area contributed by atoms with Gasteiger partial charge in [-0.1, -0.05) is 29.8 Å². The highest BCUT2D eigenvalue weighted by Gasteiger charge is 2.16. The maximum absolute atomic E-state index is 11.6. The van der Waals surface area contributed by atoms with Crippen molar-refractivity contribution in [1.82, 2.24) is 10.2 Å².